The summed E-state index contributed by atoms with van der Waals surface area (Å²) in [4.78, 5) is 29.5. The molecule has 0 unspecified atom stereocenters. The Morgan fingerprint density at radius 1 is 1.10 bits per heavy atom. The molecule has 2 aromatic rings. The normalized spacial score (nSPS) is 14.1. The molecule has 0 radical (unpaired) electrons. The molecule has 31 heavy (non-hydrogen) atoms. The highest BCUT2D eigenvalue weighted by Crippen LogP contribution is 2.26. The summed E-state index contributed by atoms with van der Waals surface area (Å²) in [5, 5.41) is 2.66. The molecule has 8 nitrogen and oxygen atoms in total. The lowest BCUT2D eigenvalue weighted by atomic mass is 10.2. The van der Waals surface area contributed by atoms with E-state index in [4.69, 9.17) is 0 Å². The molecule has 0 spiro atoms. The van der Waals surface area contributed by atoms with Crippen LogP contribution in [0.3, 0.4) is 0 Å². The van der Waals surface area contributed by atoms with Gasteiger partial charge in [0.2, 0.25) is 15.9 Å². The van der Waals surface area contributed by atoms with Crippen molar-refractivity contribution in [3.63, 3.8) is 0 Å². The van der Waals surface area contributed by atoms with Crippen LogP contribution in [0.1, 0.15) is 46.6 Å². The summed E-state index contributed by atoms with van der Waals surface area (Å²) in [5.41, 5.74) is 1.78. The fourth-order valence-corrected chi connectivity index (χ4v) is 5.17. The maximum atomic E-state index is 12.9. The van der Waals surface area contributed by atoms with E-state index in [2.05, 4.69) is 15.0 Å². The van der Waals surface area contributed by atoms with Gasteiger partial charge in [0.05, 0.1) is 5.56 Å². The highest BCUT2D eigenvalue weighted by Gasteiger charge is 2.32. The minimum atomic E-state index is -3.99. The predicted molar refractivity (Wildman–Crippen MR) is 113 cm³/mol. The monoisotopic (exact) mass is 450 g/mol. The van der Waals surface area contributed by atoms with Crippen LogP contribution in [-0.4, -0.2) is 49.8 Å². The quantitative estimate of drug-likeness (QED) is 0.571. The molecular weight excluding hydrogens is 423 g/mol. The number of amides is 2. The smallest absolute Gasteiger partial charge is 0.257 e. The van der Waals surface area contributed by atoms with Crippen LogP contribution < -0.4 is 10.0 Å². The van der Waals surface area contributed by atoms with Gasteiger partial charge in [0.15, 0.2) is 0 Å². The van der Waals surface area contributed by atoms with Crippen LogP contribution in [0.2, 0.25) is 0 Å². The second-order valence-electron chi connectivity index (χ2n) is 7.63. The predicted octanol–water partition coefficient (Wildman–Crippen LogP) is 1.99. The molecule has 0 atom stereocenters. The van der Waals surface area contributed by atoms with Crippen molar-refractivity contribution in [2.75, 3.05) is 19.6 Å². The lowest BCUT2D eigenvalue weighted by Crippen LogP contribution is -2.33. The molecule has 168 valence electrons. The standard InChI is InChI=1S/C21H27FN4O4S/c1-14-19(21(28)26-11-3-4-12-26)20(15(2)25-14)31(29,30)24-10-9-18(27)23-13-16-5-7-17(22)8-6-16/h5-8,24-25H,3-4,9-13H2,1-2H3,(H,23,27). The van der Waals surface area contributed by atoms with Crippen LogP contribution >= 0.6 is 0 Å². The summed E-state index contributed by atoms with van der Waals surface area (Å²) in [5.74, 6) is -0.999. The van der Waals surface area contributed by atoms with E-state index in [1.807, 2.05) is 0 Å². The number of aromatic nitrogens is 1. The number of likely N-dealkylation sites (tertiary alicyclic amines) is 1. The van der Waals surface area contributed by atoms with Gasteiger partial charge in [-0.05, 0) is 44.4 Å². The Bertz CT molecular complexity index is 1060. The number of carbonyl (C=O) groups is 2. The molecule has 3 N–H and O–H groups in total. The van der Waals surface area contributed by atoms with Crippen LogP contribution in [0.5, 0.6) is 0 Å². The van der Waals surface area contributed by atoms with Gasteiger partial charge in [0, 0.05) is 44.0 Å². The van der Waals surface area contributed by atoms with E-state index in [0.717, 1.165) is 18.4 Å². The number of carbonyl (C=O) groups excluding carboxylic acids is 2. The van der Waals surface area contributed by atoms with E-state index in [9.17, 15) is 22.4 Å². The average molecular weight is 451 g/mol. The first-order valence-corrected chi connectivity index (χ1v) is 11.7. The average Bonchev–Trinajstić information content (AvgIpc) is 3.35. The van der Waals surface area contributed by atoms with Gasteiger partial charge in [0.25, 0.3) is 5.91 Å². The van der Waals surface area contributed by atoms with Crippen molar-refractivity contribution in [1.29, 1.82) is 0 Å². The second-order valence-corrected chi connectivity index (χ2v) is 9.33. The van der Waals surface area contributed by atoms with Crippen LogP contribution in [0.4, 0.5) is 4.39 Å². The SMILES string of the molecule is Cc1[nH]c(C)c(S(=O)(=O)NCCC(=O)NCc2ccc(F)cc2)c1C(=O)N1CCCC1. The molecule has 1 aliphatic heterocycles. The lowest BCUT2D eigenvalue weighted by Gasteiger charge is -2.17. The summed E-state index contributed by atoms with van der Waals surface area (Å²) < 4.78 is 41.2. The number of hydrogen-bond acceptors (Lipinski definition) is 4. The van der Waals surface area contributed by atoms with Crippen molar-refractivity contribution in [2.24, 2.45) is 0 Å². The number of rotatable bonds is 8. The highest BCUT2D eigenvalue weighted by atomic mass is 32.2. The first-order valence-electron chi connectivity index (χ1n) is 10.2. The zero-order valence-electron chi connectivity index (χ0n) is 17.6. The molecule has 1 aromatic carbocycles. The number of benzene rings is 1. The highest BCUT2D eigenvalue weighted by molar-refractivity contribution is 7.89. The van der Waals surface area contributed by atoms with Crippen molar-refractivity contribution in [1.82, 2.24) is 19.9 Å². The molecule has 0 bridgehead atoms. The maximum Gasteiger partial charge on any atom is 0.257 e. The van der Waals surface area contributed by atoms with Crippen molar-refractivity contribution in [2.45, 2.75) is 44.6 Å². The molecular formula is C21H27FN4O4S. The number of aromatic amines is 1. The molecule has 0 saturated carbocycles. The van der Waals surface area contributed by atoms with E-state index in [-0.39, 0.29) is 47.6 Å². The summed E-state index contributed by atoms with van der Waals surface area (Å²) in [6, 6.07) is 5.73. The number of nitrogens with one attached hydrogen (secondary N) is 3. The first-order chi connectivity index (χ1) is 14.7. The molecule has 10 heteroatoms. The summed E-state index contributed by atoms with van der Waals surface area (Å²) in [6.45, 7) is 4.62. The number of hydrogen-bond donors (Lipinski definition) is 3. The largest absolute Gasteiger partial charge is 0.361 e. The van der Waals surface area contributed by atoms with Gasteiger partial charge in [-0.1, -0.05) is 12.1 Å². The molecule has 1 aromatic heterocycles. The van der Waals surface area contributed by atoms with Gasteiger partial charge in [0.1, 0.15) is 10.7 Å². The Kier molecular flexibility index (Phi) is 7.11. The van der Waals surface area contributed by atoms with Gasteiger partial charge in [-0.3, -0.25) is 9.59 Å². The summed E-state index contributed by atoms with van der Waals surface area (Å²) in [7, 11) is -3.99. The van der Waals surface area contributed by atoms with Crippen molar-refractivity contribution < 1.29 is 22.4 Å². The lowest BCUT2D eigenvalue weighted by molar-refractivity contribution is -0.121. The van der Waals surface area contributed by atoms with Crippen LogP contribution in [0, 0.1) is 19.7 Å². The maximum absolute atomic E-state index is 12.9. The summed E-state index contributed by atoms with van der Waals surface area (Å²) in [6.07, 6.45) is 1.74. The molecule has 2 heterocycles. The minimum absolute atomic E-state index is 0.0615. The first kappa shape index (κ1) is 23.0. The zero-order chi connectivity index (χ0) is 22.6. The number of sulfonamides is 1. The van der Waals surface area contributed by atoms with Gasteiger partial charge < -0.3 is 15.2 Å². The number of H-pyrrole nitrogens is 1. The van der Waals surface area contributed by atoms with Crippen LogP contribution in [-0.2, 0) is 21.4 Å². The van der Waals surface area contributed by atoms with Crippen molar-refractivity contribution in [3.05, 3.63) is 52.6 Å². The Balaban J connectivity index is 1.61. The fraction of sp³-hybridized carbons (Fsp3) is 0.429. The minimum Gasteiger partial charge on any atom is -0.361 e. The molecule has 0 aliphatic carbocycles. The van der Waals surface area contributed by atoms with E-state index in [1.54, 1.807) is 30.9 Å². The topological polar surface area (TPSA) is 111 Å². The van der Waals surface area contributed by atoms with Crippen molar-refractivity contribution in [3.8, 4) is 0 Å². The van der Waals surface area contributed by atoms with Gasteiger partial charge in [-0.2, -0.15) is 0 Å². The molecule has 2 amide bonds. The number of halogens is 1. The molecule has 1 aliphatic rings. The van der Waals surface area contributed by atoms with Crippen molar-refractivity contribution >= 4 is 21.8 Å². The van der Waals surface area contributed by atoms with E-state index < -0.39 is 10.0 Å². The van der Waals surface area contributed by atoms with Gasteiger partial charge in [-0.25, -0.2) is 17.5 Å². The third-order valence-corrected chi connectivity index (χ3v) is 6.87. The van der Waals surface area contributed by atoms with Gasteiger partial charge in [-0.15, -0.1) is 0 Å². The fourth-order valence-electron chi connectivity index (χ4n) is 3.69. The molecule has 3 rings (SSSR count). The van der Waals surface area contributed by atoms with Gasteiger partial charge >= 0.3 is 0 Å². The summed E-state index contributed by atoms with van der Waals surface area (Å²) >= 11 is 0. The Labute approximate surface area is 181 Å². The third-order valence-electron chi connectivity index (χ3n) is 5.24. The Hall–Kier alpha value is -2.72. The van der Waals surface area contributed by atoms with E-state index in [0.29, 0.717) is 24.5 Å². The van der Waals surface area contributed by atoms with Crippen LogP contribution in [0.25, 0.3) is 0 Å². The van der Waals surface area contributed by atoms with E-state index >= 15 is 0 Å². The third kappa shape index (κ3) is 5.50. The molecule has 1 saturated heterocycles. The Morgan fingerprint density at radius 3 is 2.39 bits per heavy atom. The van der Waals surface area contributed by atoms with Crippen LogP contribution in [0.15, 0.2) is 29.2 Å². The Morgan fingerprint density at radius 2 is 1.74 bits per heavy atom. The number of aryl methyl sites for hydroxylation is 2. The van der Waals surface area contributed by atoms with E-state index in [1.165, 1.54) is 12.1 Å². The molecule has 1 fully saturated rings. The number of nitrogens with zero attached hydrogens (tertiary/aromatic N) is 1. The zero-order valence-corrected chi connectivity index (χ0v) is 18.4. The second kappa shape index (κ2) is 9.61.